The molecule has 1 N–H and O–H groups in total. The molecule has 0 spiro atoms. The number of carbonyl (C=O) groups is 1. The van der Waals surface area contributed by atoms with Crippen molar-refractivity contribution in [3.05, 3.63) is 64.0 Å². The third kappa shape index (κ3) is 3.13. The van der Waals surface area contributed by atoms with Crippen LogP contribution in [0.4, 0.5) is 10.1 Å². The second-order valence-electron chi connectivity index (χ2n) is 8.90. The Morgan fingerprint density at radius 1 is 1.34 bits per heavy atom. The minimum atomic E-state index is -1.32. The molecule has 0 radical (unpaired) electrons. The average molecular weight is 437 g/mol. The van der Waals surface area contributed by atoms with Gasteiger partial charge in [-0.05, 0) is 37.5 Å². The molecule has 0 bridgehead atoms. The van der Waals surface area contributed by atoms with E-state index >= 15 is 4.39 Å². The van der Waals surface area contributed by atoms with Crippen LogP contribution in [0.5, 0.6) is 5.75 Å². The summed E-state index contributed by atoms with van der Waals surface area (Å²) in [6, 6.07) is 7.03. The van der Waals surface area contributed by atoms with E-state index in [1.165, 1.54) is 13.3 Å². The van der Waals surface area contributed by atoms with Gasteiger partial charge >= 0.3 is 5.97 Å². The lowest BCUT2D eigenvalue weighted by atomic mass is 9.85. The summed E-state index contributed by atoms with van der Waals surface area (Å²) in [6.07, 6.45) is 5.66. The Labute approximate surface area is 184 Å². The van der Waals surface area contributed by atoms with E-state index in [4.69, 9.17) is 4.74 Å². The first-order chi connectivity index (χ1) is 15.3. The number of pyridine rings is 2. The van der Waals surface area contributed by atoms with E-state index in [9.17, 15) is 14.7 Å². The minimum absolute atomic E-state index is 0.0292. The van der Waals surface area contributed by atoms with Crippen LogP contribution in [0.1, 0.15) is 48.3 Å². The number of rotatable bonds is 5. The van der Waals surface area contributed by atoms with Crippen LogP contribution in [0.25, 0.3) is 10.9 Å². The molecule has 1 unspecified atom stereocenters. The summed E-state index contributed by atoms with van der Waals surface area (Å²) in [6.45, 7) is 3.26. The summed E-state index contributed by atoms with van der Waals surface area (Å²) in [5.74, 6) is -1.65. The Morgan fingerprint density at radius 3 is 2.75 bits per heavy atom. The highest BCUT2D eigenvalue weighted by Crippen LogP contribution is 2.46. The number of hydrogen-bond acceptors (Lipinski definition) is 5. The second-order valence-corrected chi connectivity index (χ2v) is 8.90. The smallest absolute Gasteiger partial charge is 0.341 e. The zero-order valence-corrected chi connectivity index (χ0v) is 18.0. The number of aromatic nitrogens is 2. The van der Waals surface area contributed by atoms with Crippen molar-refractivity contribution >= 4 is 22.6 Å². The molecule has 32 heavy (non-hydrogen) atoms. The Kier molecular flexibility index (Phi) is 4.69. The van der Waals surface area contributed by atoms with Crippen molar-refractivity contribution < 1.29 is 19.0 Å². The number of aromatic carboxylic acids is 1. The van der Waals surface area contributed by atoms with Gasteiger partial charge in [0.05, 0.1) is 18.0 Å². The summed E-state index contributed by atoms with van der Waals surface area (Å²) in [5, 5.41) is 9.52. The molecule has 2 aromatic heterocycles. The lowest BCUT2D eigenvalue weighted by Crippen LogP contribution is -2.30. The molecule has 2 aliphatic rings. The van der Waals surface area contributed by atoms with Crippen LogP contribution in [0.15, 0.2) is 41.5 Å². The number of anilines is 1. The van der Waals surface area contributed by atoms with Gasteiger partial charge in [-0.25, -0.2) is 9.18 Å². The van der Waals surface area contributed by atoms with E-state index in [2.05, 4.69) is 11.9 Å². The van der Waals surface area contributed by atoms with Gasteiger partial charge in [-0.15, -0.1) is 0 Å². The topological polar surface area (TPSA) is 84.7 Å². The quantitative estimate of drug-likeness (QED) is 0.655. The summed E-state index contributed by atoms with van der Waals surface area (Å²) in [5.41, 5.74) is 0.389. The molecule has 5 rings (SSSR count). The molecule has 1 aliphatic heterocycles. The molecule has 1 saturated heterocycles. The molecule has 7 nitrogen and oxygen atoms in total. The molecule has 1 saturated carbocycles. The summed E-state index contributed by atoms with van der Waals surface area (Å²) in [4.78, 5) is 30.9. The van der Waals surface area contributed by atoms with E-state index in [1.807, 2.05) is 23.1 Å². The van der Waals surface area contributed by atoms with Gasteiger partial charge in [0.2, 0.25) is 5.43 Å². The molecule has 8 heteroatoms. The molecular formula is C24H24FN3O4. The van der Waals surface area contributed by atoms with E-state index in [1.54, 1.807) is 10.8 Å². The molecule has 0 amide bonds. The normalized spacial score (nSPS) is 20.7. The number of carboxylic acids is 1. The van der Waals surface area contributed by atoms with E-state index < -0.39 is 17.2 Å². The van der Waals surface area contributed by atoms with Gasteiger partial charge in [-0.3, -0.25) is 9.78 Å². The fourth-order valence-corrected chi connectivity index (χ4v) is 4.80. The summed E-state index contributed by atoms with van der Waals surface area (Å²) < 4.78 is 23.0. The predicted octanol–water partition coefficient (Wildman–Crippen LogP) is 3.75. The van der Waals surface area contributed by atoms with Gasteiger partial charge in [0, 0.05) is 42.6 Å². The molecule has 2 fully saturated rings. The van der Waals surface area contributed by atoms with Gasteiger partial charge in [0.15, 0.2) is 11.6 Å². The molecule has 1 atom stereocenters. The predicted molar refractivity (Wildman–Crippen MR) is 118 cm³/mol. The average Bonchev–Trinajstić information content (AvgIpc) is 3.55. The first-order valence-corrected chi connectivity index (χ1v) is 10.7. The molecule has 3 aromatic rings. The fourth-order valence-electron chi connectivity index (χ4n) is 4.80. The third-order valence-corrected chi connectivity index (χ3v) is 6.65. The highest BCUT2D eigenvalue weighted by atomic mass is 19.1. The van der Waals surface area contributed by atoms with Gasteiger partial charge in [0.1, 0.15) is 11.3 Å². The summed E-state index contributed by atoms with van der Waals surface area (Å²) in [7, 11) is 1.46. The number of carboxylic acid groups (broad SMARTS) is 1. The van der Waals surface area contributed by atoms with Crippen LogP contribution in [-0.2, 0) is 5.41 Å². The van der Waals surface area contributed by atoms with Crippen LogP contribution in [0.2, 0.25) is 0 Å². The van der Waals surface area contributed by atoms with Crippen molar-refractivity contribution in [2.24, 2.45) is 0 Å². The fraction of sp³-hybridized carbons (Fsp3) is 0.375. The molecule has 3 heterocycles. The standard InChI is InChI=1S/C24H24FN3O4/c1-24(18-5-3-4-9-26-18)8-10-27(13-24)20-17(25)11-15-19(22(20)32-2)28(14-6-7-14)12-16(21(15)29)23(30)31/h3-5,9,11-12,14H,6-8,10,13H2,1-2H3,(H,30,31). The van der Waals surface area contributed by atoms with Crippen LogP contribution in [-0.4, -0.2) is 40.8 Å². The van der Waals surface area contributed by atoms with Crippen molar-refractivity contribution in [3.63, 3.8) is 0 Å². The van der Waals surface area contributed by atoms with Crippen molar-refractivity contribution in [2.45, 2.75) is 37.6 Å². The Hall–Kier alpha value is -3.42. The van der Waals surface area contributed by atoms with Crippen LogP contribution in [0, 0.1) is 5.82 Å². The number of benzene rings is 1. The maximum atomic E-state index is 15.5. The first-order valence-electron chi connectivity index (χ1n) is 10.7. The number of nitrogens with zero attached hydrogens (tertiary/aromatic N) is 3. The van der Waals surface area contributed by atoms with Gasteiger partial charge in [-0.1, -0.05) is 13.0 Å². The number of hydrogen-bond donors (Lipinski definition) is 1. The van der Waals surface area contributed by atoms with Crippen LogP contribution in [0.3, 0.4) is 0 Å². The number of fused-ring (bicyclic) bond motifs is 1. The van der Waals surface area contributed by atoms with Crippen molar-refractivity contribution in [1.82, 2.24) is 9.55 Å². The maximum Gasteiger partial charge on any atom is 0.341 e. The number of ether oxygens (including phenoxy) is 1. The van der Waals surface area contributed by atoms with Crippen LogP contribution < -0.4 is 15.1 Å². The first kappa shape index (κ1) is 20.5. The Bertz CT molecular complexity index is 1290. The van der Waals surface area contributed by atoms with Gasteiger partial charge < -0.3 is 19.3 Å². The van der Waals surface area contributed by atoms with Crippen molar-refractivity contribution in [1.29, 1.82) is 0 Å². The lowest BCUT2D eigenvalue weighted by Gasteiger charge is -2.27. The van der Waals surface area contributed by atoms with Crippen molar-refractivity contribution in [2.75, 3.05) is 25.1 Å². The number of methoxy groups -OCH3 is 1. The second kappa shape index (κ2) is 7.32. The van der Waals surface area contributed by atoms with Gasteiger partial charge in [0.25, 0.3) is 0 Å². The largest absolute Gasteiger partial charge is 0.492 e. The maximum absolute atomic E-state index is 15.5. The van der Waals surface area contributed by atoms with E-state index in [0.717, 1.165) is 31.0 Å². The van der Waals surface area contributed by atoms with Crippen LogP contribution >= 0.6 is 0 Å². The third-order valence-electron chi connectivity index (χ3n) is 6.65. The molecule has 1 aromatic carbocycles. The monoisotopic (exact) mass is 437 g/mol. The van der Waals surface area contributed by atoms with Gasteiger partial charge in [-0.2, -0.15) is 0 Å². The molecule has 1 aliphatic carbocycles. The zero-order chi connectivity index (χ0) is 22.6. The Morgan fingerprint density at radius 2 is 2.12 bits per heavy atom. The summed E-state index contributed by atoms with van der Waals surface area (Å²) >= 11 is 0. The van der Waals surface area contributed by atoms with E-state index in [0.29, 0.717) is 24.3 Å². The lowest BCUT2D eigenvalue weighted by molar-refractivity contribution is 0.0695. The minimum Gasteiger partial charge on any atom is -0.492 e. The van der Waals surface area contributed by atoms with Crippen molar-refractivity contribution in [3.8, 4) is 5.75 Å². The number of halogens is 1. The molecular weight excluding hydrogens is 413 g/mol. The highest BCUT2D eigenvalue weighted by Gasteiger charge is 2.39. The highest BCUT2D eigenvalue weighted by molar-refractivity contribution is 5.97. The Balaban J connectivity index is 1.69. The SMILES string of the molecule is COc1c(N2CCC(C)(c3ccccn3)C2)c(F)cc2c(=O)c(C(=O)O)cn(C3CC3)c12. The van der Waals surface area contributed by atoms with E-state index in [-0.39, 0.29) is 28.2 Å². The molecule has 166 valence electrons. The zero-order valence-electron chi connectivity index (χ0n) is 18.0.